The zero-order valence-corrected chi connectivity index (χ0v) is 16.2. The van der Waals surface area contributed by atoms with Gasteiger partial charge in [-0.2, -0.15) is 0 Å². The van der Waals surface area contributed by atoms with E-state index in [1.807, 2.05) is 31.2 Å². The fraction of sp³-hybridized carbons (Fsp3) is 0.286. The first-order chi connectivity index (χ1) is 13.0. The quantitative estimate of drug-likeness (QED) is 0.718. The highest BCUT2D eigenvalue weighted by molar-refractivity contribution is 5.92. The van der Waals surface area contributed by atoms with Crippen LogP contribution in [0.15, 0.2) is 42.5 Å². The Morgan fingerprint density at radius 3 is 2.19 bits per heavy atom. The lowest BCUT2D eigenvalue weighted by molar-refractivity contribution is -0.117. The van der Waals surface area contributed by atoms with Crippen LogP contribution in [-0.4, -0.2) is 34.3 Å². The minimum Gasteiger partial charge on any atom is -0.497 e. The average molecular weight is 371 g/mol. The summed E-state index contributed by atoms with van der Waals surface area (Å²) < 4.78 is 21.1. The van der Waals surface area contributed by atoms with Gasteiger partial charge < -0.3 is 24.3 Å². The van der Waals surface area contributed by atoms with Gasteiger partial charge in [0.1, 0.15) is 11.5 Å². The summed E-state index contributed by atoms with van der Waals surface area (Å²) in [5, 5.41) is 2.93. The molecule has 2 rings (SSSR count). The number of rotatable bonds is 8. The first-order valence-corrected chi connectivity index (χ1v) is 8.45. The Kier molecular flexibility index (Phi) is 7.11. The number of hydrogen-bond donors (Lipinski definition) is 1. The van der Waals surface area contributed by atoms with Gasteiger partial charge in [0.05, 0.1) is 34.5 Å². The van der Waals surface area contributed by atoms with Crippen molar-refractivity contribution in [3.05, 3.63) is 53.6 Å². The second-order valence-electron chi connectivity index (χ2n) is 5.79. The lowest BCUT2D eigenvalue weighted by atomic mass is 10.1. The highest BCUT2D eigenvalue weighted by Gasteiger charge is 2.14. The summed E-state index contributed by atoms with van der Waals surface area (Å²) in [6.07, 6.45) is 3.19. The molecule has 1 unspecified atom stereocenters. The van der Waals surface area contributed by atoms with Crippen molar-refractivity contribution in [3.8, 4) is 23.0 Å². The van der Waals surface area contributed by atoms with Crippen molar-refractivity contribution in [1.82, 2.24) is 5.32 Å². The molecule has 0 aromatic heterocycles. The third kappa shape index (κ3) is 5.17. The molecule has 0 fully saturated rings. The van der Waals surface area contributed by atoms with E-state index in [4.69, 9.17) is 18.9 Å². The Labute approximate surface area is 159 Å². The molecular weight excluding hydrogens is 346 g/mol. The molecule has 2 aromatic rings. The van der Waals surface area contributed by atoms with Crippen LogP contribution in [0.3, 0.4) is 0 Å². The van der Waals surface area contributed by atoms with Gasteiger partial charge in [0.2, 0.25) is 5.91 Å². The molecule has 0 spiro atoms. The van der Waals surface area contributed by atoms with Gasteiger partial charge in [-0.1, -0.05) is 6.07 Å². The molecule has 27 heavy (non-hydrogen) atoms. The number of carbonyl (C=O) groups is 1. The highest BCUT2D eigenvalue weighted by atomic mass is 16.5. The molecule has 0 aliphatic carbocycles. The summed E-state index contributed by atoms with van der Waals surface area (Å²) >= 11 is 0. The van der Waals surface area contributed by atoms with E-state index in [9.17, 15) is 4.79 Å². The van der Waals surface area contributed by atoms with Gasteiger partial charge in [0.25, 0.3) is 0 Å². The van der Waals surface area contributed by atoms with E-state index in [0.717, 1.165) is 11.1 Å². The Morgan fingerprint density at radius 1 is 0.889 bits per heavy atom. The maximum atomic E-state index is 12.3. The van der Waals surface area contributed by atoms with Crippen LogP contribution >= 0.6 is 0 Å². The molecule has 1 N–H and O–H groups in total. The first kappa shape index (κ1) is 20.2. The Morgan fingerprint density at radius 2 is 1.56 bits per heavy atom. The number of hydrogen-bond acceptors (Lipinski definition) is 5. The van der Waals surface area contributed by atoms with Crippen LogP contribution in [0.2, 0.25) is 0 Å². The van der Waals surface area contributed by atoms with Crippen LogP contribution in [0, 0.1) is 0 Å². The van der Waals surface area contributed by atoms with Crippen LogP contribution in [0.25, 0.3) is 6.08 Å². The van der Waals surface area contributed by atoms with Gasteiger partial charge in [-0.15, -0.1) is 0 Å². The van der Waals surface area contributed by atoms with Crippen molar-refractivity contribution in [2.45, 2.75) is 13.0 Å². The predicted octanol–water partition coefficient (Wildman–Crippen LogP) is 3.61. The molecule has 0 radical (unpaired) electrons. The molecule has 6 nitrogen and oxygen atoms in total. The summed E-state index contributed by atoms with van der Waals surface area (Å²) in [6.45, 7) is 1.89. The Hall–Kier alpha value is -3.15. The van der Waals surface area contributed by atoms with E-state index in [0.29, 0.717) is 23.0 Å². The third-order valence-electron chi connectivity index (χ3n) is 4.10. The Bertz CT molecular complexity index is 816. The largest absolute Gasteiger partial charge is 0.497 e. The lowest BCUT2D eigenvalue weighted by Crippen LogP contribution is -2.25. The number of methoxy groups -OCH3 is 4. The topological polar surface area (TPSA) is 66.0 Å². The van der Waals surface area contributed by atoms with E-state index >= 15 is 0 Å². The van der Waals surface area contributed by atoms with E-state index in [1.54, 1.807) is 46.6 Å². The zero-order valence-electron chi connectivity index (χ0n) is 16.2. The van der Waals surface area contributed by atoms with E-state index in [2.05, 4.69) is 5.32 Å². The van der Waals surface area contributed by atoms with Crippen LogP contribution in [-0.2, 0) is 4.79 Å². The molecule has 1 atom stereocenters. The maximum absolute atomic E-state index is 12.3. The van der Waals surface area contributed by atoms with Gasteiger partial charge in [-0.25, -0.2) is 0 Å². The second kappa shape index (κ2) is 9.52. The predicted molar refractivity (Wildman–Crippen MR) is 105 cm³/mol. The van der Waals surface area contributed by atoms with Gasteiger partial charge in [0, 0.05) is 11.6 Å². The second-order valence-corrected chi connectivity index (χ2v) is 5.79. The van der Waals surface area contributed by atoms with Crippen molar-refractivity contribution in [3.63, 3.8) is 0 Å². The fourth-order valence-electron chi connectivity index (χ4n) is 2.65. The highest BCUT2D eigenvalue weighted by Crippen LogP contribution is 2.30. The summed E-state index contributed by atoms with van der Waals surface area (Å²) in [5.41, 5.74) is 1.67. The normalized spacial score (nSPS) is 11.7. The van der Waals surface area contributed by atoms with Crippen molar-refractivity contribution < 1.29 is 23.7 Å². The smallest absolute Gasteiger partial charge is 0.244 e. The van der Waals surface area contributed by atoms with Gasteiger partial charge in [0.15, 0.2) is 11.5 Å². The molecule has 2 aromatic carbocycles. The lowest BCUT2D eigenvalue weighted by Gasteiger charge is -2.17. The van der Waals surface area contributed by atoms with Gasteiger partial charge in [-0.05, 0) is 48.9 Å². The molecule has 144 valence electrons. The summed E-state index contributed by atoms with van der Waals surface area (Å²) in [5.74, 6) is 2.41. The number of nitrogens with one attached hydrogen (secondary N) is 1. The van der Waals surface area contributed by atoms with Crippen molar-refractivity contribution in [2.75, 3.05) is 28.4 Å². The van der Waals surface area contributed by atoms with E-state index in [1.165, 1.54) is 6.08 Å². The van der Waals surface area contributed by atoms with Crippen LogP contribution in [0.4, 0.5) is 0 Å². The minimum absolute atomic E-state index is 0.220. The molecule has 0 aliphatic heterocycles. The summed E-state index contributed by atoms with van der Waals surface area (Å²) in [6, 6.07) is 10.7. The maximum Gasteiger partial charge on any atom is 0.244 e. The molecule has 1 amide bonds. The van der Waals surface area contributed by atoms with Gasteiger partial charge >= 0.3 is 0 Å². The van der Waals surface area contributed by atoms with Crippen molar-refractivity contribution in [2.24, 2.45) is 0 Å². The Balaban J connectivity index is 2.10. The minimum atomic E-state index is -0.252. The van der Waals surface area contributed by atoms with E-state index in [-0.39, 0.29) is 11.9 Å². The zero-order chi connectivity index (χ0) is 19.8. The molecule has 6 heteroatoms. The molecule has 0 saturated carbocycles. The van der Waals surface area contributed by atoms with Crippen molar-refractivity contribution >= 4 is 12.0 Å². The molecule has 0 bridgehead atoms. The van der Waals surface area contributed by atoms with Crippen LogP contribution in [0.5, 0.6) is 23.0 Å². The molecular formula is C21H25NO5. The number of benzene rings is 2. The average Bonchev–Trinajstić information content (AvgIpc) is 2.71. The number of ether oxygens (including phenoxy) is 4. The van der Waals surface area contributed by atoms with E-state index < -0.39 is 0 Å². The molecule has 0 saturated heterocycles. The molecule has 0 heterocycles. The standard InChI is InChI=1S/C21H25NO5/c1-14(17-13-16(24-2)8-10-18(17)25-3)22-21(23)11-7-15-6-9-19(26-4)20(12-15)27-5/h6-14H,1-5H3,(H,22,23)/b11-7+. The summed E-state index contributed by atoms with van der Waals surface area (Å²) in [7, 11) is 6.34. The van der Waals surface area contributed by atoms with Crippen LogP contribution < -0.4 is 24.3 Å². The van der Waals surface area contributed by atoms with Crippen molar-refractivity contribution in [1.29, 1.82) is 0 Å². The monoisotopic (exact) mass is 371 g/mol. The van der Waals surface area contributed by atoms with Gasteiger partial charge in [-0.3, -0.25) is 4.79 Å². The SMILES string of the molecule is COc1ccc(OC)c(C(C)NC(=O)/C=C/c2ccc(OC)c(OC)c2)c1. The molecule has 0 aliphatic rings. The first-order valence-electron chi connectivity index (χ1n) is 8.45. The fourth-order valence-corrected chi connectivity index (χ4v) is 2.65. The summed E-state index contributed by atoms with van der Waals surface area (Å²) in [4.78, 5) is 12.3. The number of carbonyl (C=O) groups excluding carboxylic acids is 1. The number of amides is 1. The van der Waals surface area contributed by atoms with Crippen LogP contribution in [0.1, 0.15) is 24.1 Å². The third-order valence-corrected chi connectivity index (χ3v) is 4.10.